The molecule has 0 fully saturated rings. The minimum atomic E-state index is -0.976. The first-order valence-corrected chi connectivity index (χ1v) is 7.15. The van der Waals surface area contributed by atoms with E-state index in [0.29, 0.717) is 16.6 Å². The Kier molecular flexibility index (Phi) is 4.05. The molecule has 1 amide bonds. The molecule has 0 aliphatic rings. The van der Waals surface area contributed by atoms with Gasteiger partial charge in [-0.1, -0.05) is 36.4 Å². The van der Waals surface area contributed by atoms with Crippen LogP contribution in [0.4, 0.5) is 0 Å². The lowest BCUT2D eigenvalue weighted by molar-refractivity contribution is -0.138. The Morgan fingerprint density at radius 1 is 1.13 bits per heavy atom. The van der Waals surface area contributed by atoms with E-state index in [-0.39, 0.29) is 12.5 Å². The second-order valence-electron chi connectivity index (χ2n) is 5.10. The molecular weight excluding hydrogens is 294 g/mol. The average molecular weight is 309 g/mol. The van der Waals surface area contributed by atoms with E-state index in [4.69, 9.17) is 0 Å². The maximum Gasteiger partial charge on any atom is 0.312 e. The van der Waals surface area contributed by atoms with Crippen LogP contribution in [-0.4, -0.2) is 33.1 Å². The molecule has 6 nitrogen and oxygen atoms in total. The van der Waals surface area contributed by atoms with Gasteiger partial charge in [-0.25, -0.2) is 4.52 Å². The Balaban J connectivity index is 1.76. The van der Waals surface area contributed by atoms with Gasteiger partial charge in [0, 0.05) is 12.7 Å². The number of nitrogens with zero attached hydrogens (tertiary/aromatic N) is 2. The van der Waals surface area contributed by atoms with Crippen molar-refractivity contribution in [3.05, 3.63) is 72.1 Å². The molecule has 0 aliphatic carbocycles. The smallest absolute Gasteiger partial charge is 0.312 e. The predicted molar refractivity (Wildman–Crippen MR) is 84.3 cm³/mol. The molecule has 3 aromatic rings. The highest BCUT2D eigenvalue weighted by molar-refractivity contribution is 6.00. The third kappa shape index (κ3) is 3.06. The summed E-state index contributed by atoms with van der Waals surface area (Å²) in [6.07, 6.45) is 3.22. The number of hydrogen-bond donors (Lipinski definition) is 2. The molecule has 3 rings (SSSR count). The summed E-state index contributed by atoms with van der Waals surface area (Å²) in [5, 5.41) is 16.2. The minimum absolute atomic E-state index is 0.0162. The van der Waals surface area contributed by atoms with Gasteiger partial charge in [-0.15, -0.1) is 0 Å². The normalized spacial score (nSPS) is 12.0. The lowest BCUT2D eigenvalue weighted by Gasteiger charge is -2.13. The molecule has 0 saturated carbocycles. The van der Waals surface area contributed by atoms with Crippen LogP contribution in [0.25, 0.3) is 5.52 Å². The van der Waals surface area contributed by atoms with Crippen molar-refractivity contribution in [2.24, 2.45) is 0 Å². The molecule has 0 bridgehead atoms. The lowest BCUT2D eigenvalue weighted by Crippen LogP contribution is -2.31. The first kappa shape index (κ1) is 14.8. The number of aliphatic carboxylic acids is 1. The Morgan fingerprint density at radius 2 is 1.87 bits per heavy atom. The number of nitrogens with one attached hydrogen (secondary N) is 1. The van der Waals surface area contributed by atoms with Crippen LogP contribution >= 0.6 is 0 Å². The number of fused-ring (bicyclic) bond motifs is 1. The fourth-order valence-corrected chi connectivity index (χ4v) is 2.43. The van der Waals surface area contributed by atoms with Crippen LogP contribution in [-0.2, 0) is 4.79 Å². The van der Waals surface area contributed by atoms with Crippen LogP contribution in [0.1, 0.15) is 21.8 Å². The Morgan fingerprint density at radius 3 is 2.61 bits per heavy atom. The molecule has 2 heterocycles. The summed E-state index contributed by atoms with van der Waals surface area (Å²) in [4.78, 5) is 23.8. The van der Waals surface area contributed by atoms with Crippen molar-refractivity contribution >= 4 is 17.4 Å². The Bertz CT molecular complexity index is 842. The monoisotopic (exact) mass is 309 g/mol. The van der Waals surface area contributed by atoms with Gasteiger partial charge in [0.15, 0.2) is 0 Å². The number of benzene rings is 1. The second kappa shape index (κ2) is 6.31. The van der Waals surface area contributed by atoms with E-state index in [2.05, 4.69) is 10.4 Å². The Hall–Kier alpha value is -3.15. The van der Waals surface area contributed by atoms with Crippen LogP contribution in [0, 0.1) is 0 Å². The summed E-state index contributed by atoms with van der Waals surface area (Å²) < 4.78 is 1.60. The number of amides is 1. The van der Waals surface area contributed by atoms with Gasteiger partial charge in [-0.05, 0) is 17.7 Å². The SMILES string of the molecule is O=C(NCC(C(=O)O)c1ccccc1)c1cnn2ccccc12. The average Bonchev–Trinajstić information content (AvgIpc) is 2.99. The van der Waals surface area contributed by atoms with Gasteiger partial charge in [-0.2, -0.15) is 5.10 Å². The number of aromatic nitrogens is 2. The fourth-order valence-electron chi connectivity index (χ4n) is 2.43. The standard InChI is InChI=1S/C17H15N3O3/c21-16(14-11-19-20-9-5-4-8-15(14)20)18-10-13(17(22)23)12-6-2-1-3-7-12/h1-9,11,13H,10H2,(H,18,21)(H,22,23). The minimum Gasteiger partial charge on any atom is -0.481 e. The highest BCUT2D eigenvalue weighted by Gasteiger charge is 2.21. The number of carbonyl (C=O) groups excluding carboxylic acids is 1. The number of rotatable bonds is 5. The number of pyridine rings is 1. The second-order valence-corrected chi connectivity index (χ2v) is 5.10. The van der Waals surface area contributed by atoms with Gasteiger partial charge in [-0.3, -0.25) is 9.59 Å². The van der Waals surface area contributed by atoms with Crippen molar-refractivity contribution in [3.8, 4) is 0 Å². The van der Waals surface area contributed by atoms with Crippen LogP contribution in [0.15, 0.2) is 60.9 Å². The molecule has 1 aromatic carbocycles. The first-order valence-electron chi connectivity index (χ1n) is 7.15. The van der Waals surface area contributed by atoms with Crippen molar-refractivity contribution in [1.82, 2.24) is 14.9 Å². The van der Waals surface area contributed by atoms with Gasteiger partial charge >= 0.3 is 5.97 Å². The van der Waals surface area contributed by atoms with Gasteiger partial charge in [0.2, 0.25) is 0 Å². The van der Waals surface area contributed by atoms with Gasteiger partial charge < -0.3 is 10.4 Å². The number of carboxylic acids is 1. The summed E-state index contributed by atoms with van der Waals surface area (Å²) in [6.45, 7) is 0.0162. The van der Waals surface area contributed by atoms with E-state index >= 15 is 0 Å². The van der Waals surface area contributed by atoms with E-state index in [1.54, 1.807) is 41.0 Å². The molecule has 2 aromatic heterocycles. The number of carbonyl (C=O) groups is 2. The van der Waals surface area contributed by atoms with Crippen molar-refractivity contribution < 1.29 is 14.7 Å². The summed E-state index contributed by atoms with van der Waals surface area (Å²) >= 11 is 0. The highest BCUT2D eigenvalue weighted by atomic mass is 16.4. The summed E-state index contributed by atoms with van der Waals surface area (Å²) in [6, 6.07) is 14.3. The maximum atomic E-state index is 12.3. The van der Waals surface area contributed by atoms with Crippen molar-refractivity contribution in [3.63, 3.8) is 0 Å². The van der Waals surface area contributed by atoms with E-state index in [0.717, 1.165) is 0 Å². The largest absolute Gasteiger partial charge is 0.481 e. The molecule has 0 saturated heterocycles. The lowest BCUT2D eigenvalue weighted by atomic mass is 9.99. The van der Waals surface area contributed by atoms with E-state index in [1.165, 1.54) is 6.20 Å². The molecule has 0 radical (unpaired) electrons. The van der Waals surface area contributed by atoms with Crippen molar-refractivity contribution in [1.29, 1.82) is 0 Å². The molecule has 0 aliphatic heterocycles. The van der Waals surface area contributed by atoms with Crippen LogP contribution in [0.3, 0.4) is 0 Å². The summed E-state index contributed by atoms with van der Waals surface area (Å²) in [5.41, 5.74) is 1.75. The molecule has 116 valence electrons. The molecule has 23 heavy (non-hydrogen) atoms. The molecular formula is C17H15N3O3. The molecule has 6 heteroatoms. The maximum absolute atomic E-state index is 12.3. The van der Waals surface area contributed by atoms with Gasteiger partial charge in [0.25, 0.3) is 5.91 Å². The zero-order valence-corrected chi connectivity index (χ0v) is 12.2. The Labute approximate surface area is 132 Å². The van der Waals surface area contributed by atoms with Crippen LogP contribution in [0.2, 0.25) is 0 Å². The topological polar surface area (TPSA) is 83.7 Å². The zero-order valence-electron chi connectivity index (χ0n) is 12.2. The number of hydrogen-bond acceptors (Lipinski definition) is 3. The molecule has 1 atom stereocenters. The molecule has 0 spiro atoms. The highest BCUT2D eigenvalue weighted by Crippen LogP contribution is 2.16. The quantitative estimate of drug-likeness (QED) is 0.754. The van der Waals surface area contributed by atoms with E-state index in [1.807, 2.05) is 18.2 Å². The van der Waals surface area contributed by atoms with Crippen LogP contribution < -0.4 is 5.32 Å². The molecule has 2 N–H and O–H groups in total. The fraction of sp³-hybridized carbons (Fsp3) is 0.118. The number of carboxylic acid groups (broad SMARTS) is 1. The first-order chi connectivity index (χ1) is 11.2. The summed E-state index contributed by atoms with van der Waals surface area (Å²) in [7, 11) is 0. The van der Waals surface area contributed by atoms with Gasteiger partial charge in [0.05, 0.1) is 23.2 Å². The predicted octanol–water partition coefficient (Wildman–Crippen LogP) is 1.93. The summed E-state index contributed by atoms with van der Waals surface area (Å²) in [5.74, 6) is -2.10. The van der Waals surface area contributed by atoms with Crippen molar-refractivity contribution in [2.45, 2.75) is 5.92 Å². The molecule has 1 unspecified atom stereocenters. The third-order valence-corrected chi connectivity index (χ3v) is 3.64. The zero-order chi connectivity index (χ0) is 16.2. The van der Waals surface area contributed by atoms with Crippen molar-refractivity contribution in [2.75, 3.05) is 6.54 Å². The van der Waals surface area contributed by atoms with Crippen LogP contribution in [0.5, 0.6) is 0 Å². The van der Waals surface area contributed by atoms with Gasteiger partial charge in [0.1, 0.15) is 0 Å². The van der Waals surface area contributed by atoms with E-state index < -0.39 is 11.9 Å². The van der Waals surface area contributed by atoms with E-state index in [9.17, 15) is 14.7 Å². The third-order valence-electron chi connectivity index (χ3n) is 3.64.